The second-order valence-electron chi connectivity index (χ2n) is 4.29. The van der Waals surface area contributed by atoms with Crippen molar-refractivity contribution < 1.29 is 9.53 Å². The average molecular weight is 250 g/mol. The average Bonchev–Trinajstić information content (AvgIpc) is 2.98. The van der Waals surface area contributed by atoms with Crippen LogP contribution in [-0.2, 0) is 4.74 Å². The van der Waals surface area contributed by atoms with Crippen molar-refractivity contribution in [3.8, 4) is 0 Å². The van der Waals surface area contributed by atoms with Gasteiger partial charge in [0, 0.05) is 35.2 Å². The quantitative estimate of drug-likeness (QED) is 0.832. The number of aromatic amines is 1. The topological polar surface area (TPSA) is 42.1 Å². The van der Waals surface area contributed by atoms with E-state index < -0.39 is 0 Å². The maximum absolute atomic E-state index is 12.3. The summed E-state index contributed by atoms with van der Waals surface area (Å²) in [5, 5.41) is 1.44. The highest BCUT2D eigenvalue weighted by Crippen LogP contribution is 2.29. The van der Waals surface area contributed by atoms with Gasteiger partial charge in [-0.1, -0.05) is 17.7 Å². The fourth-order valence-corrected chi connectivity index (χ4v) is 2.57. The molecule has 2 heterocycles. The number of ketones is 1. The van der Waals surface area contributed by atoms with Gasteiger partial charge in [0.05, 0.1) is 11.6 Å². The summed E-state index contributed by atoms with van der Waals surface area (Å²) < 4.78 is 5.25. The summed E-state index contributed by atoms with van der Waals surface area (Å²) in [6.07, 6.45) is 2.55. The molecule has 0 amide bonds. The number of Topliss-reactive ketones (excluding diaryl/α,β-unsaturated/α-hetero) is 1. The van der Waals surface area contributed by atoms with Crippen molar-refractivity contribution in [2.45, 2.75) is 6.42 Å². The SMILES string of the molecule is O=C(c1c[nH]c2cccc(Cl)c12)C1CCOC1. The van der Waals surface area contributed by atoms with Crippen LogP contribution in [0.4, 0.5) is 0 Å². The largest absolute Gasteiger partial charge is 0.381 e. The summed E-state index contributed by atoms with van der Waals surface area (Å²) in [7, 11) is 0. The summed E-state index contributed by atoms with van der Waals surface area (Å²) in [5.74, 6) is 0.104. The van der Waals surface area contributed by atoms with E-state index in [0.717, 1.165) is 17.3 Å². The van der Waals surface area contributed by atoms with Gasteiger partial charge in [0.2, 0.25) is 0 Å². The van der Waals surface area contributed by atoms with Gasteiger partial charge >= 0.3 is 0 Å². The number of hydrogen-bond donors (Lipinski definition) is 1. The van der Waals surface area contributed by atoms with Crippen LogP contribution in [0.2, 0.25) is 5.02 Å². The first-order chi connectivity index (χ1) is 8.27. The van der Waals surface area contributed by atoms with Crippen molar-refractivity contribution in [3.63, 3.8) is 0 Å². The lowest BCUT2D eigenvalue weighted by molar-refractivity contribution is 0.0902. The fourth-order valence-electron chi connectivity index (χ4n) is 2.30. The minimum Gasteiger partial charge on any atom is -0.381 e. The Morgan fingerprint density at radius 2 is 2.35 bits per heavy atom. The molecule has 3 nitrogen and oxygen atoms in total. The van der Waals surface area contributed by atoms with Crippen LogP contribution in [0.1, 0.15) is 16.8 Å². The van der Waals surface area contributed by atoms with E-state index in [4.69, 9.17) is 16.3 Å². The first-order valence-corrected chi connectivity index (χ1v) is 6.02. The van der Waals surface area contributed by atoms with Crippen LogP contribution >= 0.6 is 11.6 Å². The molecule has 1 N–H and O–H groups in total. The molecule has 1 aromatic carbocycles. The molecule has 0 bridgehead atoms. The van der Waals surface area contributed by atoms with E-state index in [2.05, 4.69) is 4.98 Å². The molecular weight excluding hydrogens is 238 g/mol. The number of H-pyrrole nitrogens is 1. The Kier molecular flexibility index (Phi) is 2.65. The van der Waals surface area contributed by atoms with Gasteiger partial charge in [0.25, 0.3) is 0 Å². The molecule has 1 unspecified atom stereocenters. The maximum atomic E-state index is 12.3. The molecule has 1 fully saturated rings. The summed E-state index contributed by atoms with van der Waals surface area (Å²) in [6.45, 7) is 1.20. The first kappa shape index (κ1) is 10.8. The lowest BCUT2D eigenvalue weighted by atomic mass is 9.97. The van der Waals surface area contributed by atoms with Gasteiger partial charge in [0.1, 0.15) is 0 Å². The zero-order valence-corrected chi connectivity index (χ0v) is 9.96. The number of nitrogens with one attached hydrogen (secondary N) is 1. The molecule has 0 aliphatic carbocycles. The fraction of sp³-hybridized carbons (Fsp3) is 0.308. The van der Waals surface area contributed by atoms with Crippen LogP contribution in [0, 0.1) is 5.92 Å². The molecule has 0 saturated carbocycles. The summed E-state index contributed by atoms with van der Waals surface area (Å²) in [5.41, 5.74) is 1.58. The highest BCUT2D eigenvalue weighted by molar-refractivity contribution is 6.37. The third-order valence-corrected chi connectivity index (χ3v) is 3.54. The second kappa shape index (κ2) is 4.17. The Balaban J connectivity index is 2.08. The van der Waals surface area contributed by atoms with E-state index in [1.807, 2.05) is 12.1 Å². The number of fused-ring (bicyclic) bond motifs is 1. The molecule has 2 aromatic rings. The number of hydrogen-bond acceptors (Lipinski definition) is 2. The van der Waals surface area contributed by atoms with Crippen molar-refractivity contribution in [1.29, 1.82) is 0 Å². The molecule has 3 rings (SSSR count). The molecule has 0 radical (unpaired) electrons. The third kappa shape index (κ3) is 1.75. The summed E-state index contributed by atoms with van der Waals surface area (Å²) in [6, 6.07) is 5.59. The number of carbonyl (C=O) groups excluding carboxylic acids is 1. The normalized spacial score (nSPS) is 19.9. The van der Waals surface area contributed by atoms with Crippen LogP contribution < -0.4 is 0 Å². The van der Waals surface area contributed by atoms with E-state index in [9.17, 15) is 4.79 Å². The molecule has 1 aliphatic heterocycles. The molecule has 1 aliphatic rings. The van der Waals surface area contributed by atoms with Crippen LogP contribution in [0.3, 0.4) is 0 Å². The standard InChI is InChI=1S/C13H12ClNO2/c14-10-2-1-3-11-12(10)9(6-15-11)13(16)8-4-5-17-7-8/h1-3,6,8,15H,4-5,7H2. The molecule has 0 spiro atoms. The van der Waals surface area contributed by atoms with Crippen molar-refractivity contribution in [3.05, 3.63) is 35.0 Å². The Morgan fingerprint density at radius 1 is 1.47 bits per heavy atom. The minimum absolute atomic E-state index is 0.0229. The zero-order chi connectivity index (χ0) is 11.8. The van der Waals surface area contributed by atoms with Crippen LogP contribution in [0.15, 0.2) is 24.4 Å². The number of carbonyl (C=O) groups is 1. The number of rotatable bonds is 2. The lowest BCUT2D eigenvalue weighted by Gasteiger charge is -2.05. The van der Waals surface area contributed by atoms with Gasteiger partial charge in [-0.15, -0.1) is 0 Å². The number of aromatic nitrogens is 1. The lowest BCUT2D eigenvalue weighted by Crippen LogP contribution is -2.14. The predicted octanol–water partition coefficient (Wildman–Crippen LogP) is 3.04. The van der Waals surface area contributed by atoms with Crippen molar-refractivity contribution >= 4 is 28.3 Å². The first-order valence-electron chi connectivity index (χ1n) is 5.65. The molecule has 17 heavy (non-hydrogen) atoms. The monoisotopic (exact) mass is 249 g/mol. The molecule has 88 valence electrons. The van der Waals surface area contributed by atoms with Crippen molar-refractivity contribution in [1.82, 2.24) is 4.98 Å². The van der Waals surface area contributed by atoms with Crippen molar-refractivity contribution in [2.24, 2.45) is 5.92 Å². The van der Waals surface area contributed by atoms with Crippen LogP contribution in [-0.4, -0.2) is 24.0 Å². The van der Waals surface area contributed by atoms with Gasteiger partial charge in [-0.2, -0.15) is 0 Å². The van der Waals surface area contributed by atoms with Gasteiger partial charge in [0.15, 0.2) is 5.78 Å². The van der Waals surface area contributed by atoms with Gasteiger partial charge in [-0.05, 0) is 18.6 Å². The summed E-state index contributed by atoms with van der Waals surface area (Å²) >= 11 is 6.15. The molecule has 1 atom stereocenters. The Morgan fingerprint density at radius 3 is 3.12 bits per heavy atom. The summed E-state index contributed by atoms with van der Waals surface area (Å²) in [4.78, 5) is 15.4. The molecule has 1 aromatic heterocycles. The molecule has 4 heteroatoms. The number of halogens is 1. The highest BCUT2D eigenvalue weighted by atomic mass is 35.5. The molecule has 1 saturated heterocycles. The van der Waals surface area contributed by atoms with E-state index in [-0.39, 0.29) is 11.7 Å². The van der Waals surface area contributed by atoms with Gasteiger partial charge in [-0.3, -0.25) is 4.79 Å². The minimum atomic E-state index is -0.0229. The van der Waals surface area contributed by atoms with Crippen LogP contribution in [0.25, 0.3) is 10.9 Å². The van der Waals surface area contributed by atoms with Crippen LogP contribution in [0.5, 0.6) is 0 Å². The van der Waals surface area contributed by atoms with Gasteiger partial charge < -0.3 is 9.72 Å². The smallest absolute Gasteiger partial charge is 0.170 e. The van der Waals surface area contributed by atoms with E-state index in [1.165, 1.54) is 0 Å². The zero-order valence-electron chi connectivity index (χ0n) is 9.20. The molecular formula is C13H12ClNO2. The highest BCUT2D eigenvalue weighted by Gasteiger charge is 2.26. The number of benzene rings is 1. The number of ether oxygens (including phenoxy) is 1. The Hall–Kier alpha value is -1.32. The Labute approximate surface area is 104 Å². The predicted molar refractivity (Wildman–Crippen MR) is 66.6 cm³/mol. The maximum Gasteiger partial charge on any atom is 0.170 e. The van der Waals surface area contributed by atoms with Gasteiger partial charge in [-0.25, -0.2) is 0 Å². The van der Waals surface area contributed by atoms with Crippen molar-refractivity contribution in [2.75, 3.05) is 13.2 Å². The third-order valence-electron chi connectivity index (χ3n) is 3.22. The van der Waals surface area contributed by atoms with E-state index in [0.29, 0.717) is 23.8 Å². The van der Waals surface area contributed by atoms with E-state index in [1.54, 1.807) is 12.3 Å². The Bertz CT molecular complexity index is 570. The van der Waals surface area contributed by atoms with E-state index >= 15 is 0 Å². The second-order valence-corrected chi connectivity index (χ2v) is 4.70.